The minimum Gasteiger partial charge on any atom is -0.492 e. The van der Waals surface area contributed by atoms with Crippen LogP contribution in [-0.4, -0.2) is 32.1 Å². The van der Waals surface area contributed by atoms with Gasteiger partial charge in [-0.1, -0.05) is 6.07 Å². The van der Waals surface area contributed by atoms with Gasteiger partial charge in [0.25, 0.3) is 0 Å². The summed E-state index contributed by atoms with van der Waals surface area (Å²) in [5.41, 5.74) is 0.733. The van der Waals surface area contributed by atoms with E-state index < -0.39 is 10.0 Å². The van der Waals surface area contributed by atoms with Gasteiger partial charge in [0.15, 0.2) is 0 Å². The van der Waals surface area contributed by atoms with Crippen LogP contribution < -0.4 is 14.8 Å². The maximum atomic E-state index is 12.9. The largest absolute Gasteiger partial charge is 0.492 e. The first-order valence-electron chi connectivity index (χ1n) is 8.49. The molecule has 5 nitrogen and oxygen atoms in total. The number of hydrogen-bond donors (Lipinski definition) is 2. The van der Waals surface area contributed by atoms with Gasteiger partial charge in [-0.3, -0.25) is 0 Å². The first kappa shape index (κ1) is 19.2. The fraction of sp³-hybridized carbons (Fsp3) is 0.667. The van der Waals surface area contributed by atoms with Crippen LogP contribution in [0.2, 0.25) is 0 Å². The van der Waals surface area contributed by atoms with Crippen molar-refractivity contribution in [1.82, 2.24) is 10.0 Å². The SMILES string of the molecule is CCOc1cc(C)ccc1S(=O)(=O)NC1CC(C)(C)NC(C)(C)C1. The molecule has 0 aliphatic carbocycles. The maximum absolute atomic E-state index is 12.9. The van der Waals surface area contributed by atoms with E-state index in [1.807, 2.05) is 13.8 Å². The molecule has 1 aliphatic rings. The van der Waals surface area contributed by atoms with Gasteiger partial charge < -0.3 is 10.1 Å². The first-order chi connectivity index (χ1) is 10.9. The number of hydrogen-bond acceptors (Lipinski definition) is 4. The number of nitrogens with one attached hydrogen (secondary N) is 2. The van der Waals surface area contributed by atoms with E-state index in [9.17, 15) is 8.42 Å². The molecule has 2 rings (SSSR count). The van der Waals surface area contributed by atoms with E-state index in [1.165, 1.54) is 0 Å². The van der Waals surface area contributed by atoms with E-state index in [-0.39, 0.29) is 22.0 Å². The number of piperidine rings is 1. The molecule has 1 heterocycles. The smallest absolute Gasteiger partial charge is 0.244 e. The topological polar surface area (TPSA) is 67.4 Å². The van der Waals surface area contributed by atoms with Crippen LogP contribution in [0.3, 0.4) is 0 Å². The number of aryl methyl sites for hydroxylation is 1. The lowest BCUT2D eigenvalue weighted by Crippen LogP contribution is -2.62. The van der Waals surface area contributed by atoms with Gasteiger partial charge in [0.05, 0.1) is 6.61 Å². The highest BCUT2D eigenvalue weighted by atomic mass is 32.2. The summed E-state index contributed by atoms with van der Waals surface area (Å²) >= 11 is 0. The van der Waals surface area contributed by atoms with Crippen molar-refractivity contribution in [3.63, 3.8) is 0 Å². The number of benzene rings is 1. The predicted octanol–water partition coefficient (Wildman–Crippen LogP) is 2.98. The molecule has 0 aromatic heterocycles. The molecular formula is C18H30N2O3S. The van der Waals surface area contributed by atoms with Crippen molar-refractivity contribution in [1.29, 1.82) is 0 Å². The van der Waals surface area contributed by atoms with Crippen LogP contribution in [0, 0.1) is 6.92 Å². The third-order valence-electron chi connectivity index (χ3n) is 4.20. The zero-order chi connectivity index (χ0) is 18.2. The van der Waals surface area contributed by atoms with E-state index in [0.29, 0.717) is 12.4 Å². The molecule has 1 aromatic rings. The van der Waals surface area contributed by atoms with Crippen LogP contribution in [0.1, 0.15) is 53.0 Å². The van der Waals surface area contributed by atoms with E-state index in [0.717, 1.165) is 18.4 Å². The minimum absolute atomic E-state index is 0.114. The van der Waals surface area contributed by atoms with E-state index in [2.05, 4.69) is 37.7 Å². The highest BCUT2D eigenvalue weighted by molar-refractivity contribution is 7.89. The Labute approximate surface area is 146 Å². The summed E-state index contributed by atoms with van der Waals surface area (Å²) in [5, 5.41) is 3.57. The molecule has 24 heavy (non-hydrogen) atoms. The molecule has 2 N–H and O–H groups in total. The van der Waals surface area contributed by atoms with Crippen LogP contribution in [-0.2, 0) is 10.0 Å². The van der Waals surface area contributed by atoms with Crippen molar-refractivity contribution in [3.8, 4) is 5.75 Å². The molecule has 1 fully saturated rings. The monoisotopic (exact) mass is 354 g/mol. The van der Waals surface area contributed by atoms with Crippen molar-refractivity contribution in [2.75, 3.05) is 6.61 Å². The predicted molar refractivity (Wildman–Crippen MR) is 97.0 cm³/mol. The number of sulfonamides is 1. The Kier molecular flexibility index (Phi) is 5.33. The van der Waals surface area contributed by atoms with Gasteiger partial charge in [-0.2, -0.15) is 0 Å². The van der Waals surface area contributed by atoms with Gasteiger partial charge in [0, 0.05) is 17.1 Å². The molecule has 1 aliphatic heterocycles. The van der Waals surface area contributed by atoms with E-state index in [4.69, 9.17) is 4.74 Å². The molecule has 0 amide bonds. The van der Waals surface area contributed by atoms with Gasteiger partial charge in [0.2, 0.25) is 10.0 Å². The Hall–Kier alpha value is -1.11. The van der Waals surface area contributed by atoms with Crippen molar-refractivity contribution in [3.05, 3.63) is 23.8 Å². The normalized spacial score (nSPS) is 20.8. The third kappa shape index (κ3) is 4.71. The molecular weight excluding hydrogens is 324 g/mol. The van der Waals surface area contributed by atoms with Crippen molar-refractivity contribution in [2.24, 2.45) is 0 Å². The van der Waals surface area contributed by atoms with Gasteiger partial charge in [-0.05, 0) is 72.1 Å². The van der Waals surface area contributed by atoms with Crippen LogP contribution in [0.4, 0.5) is 0 Å². The van der Waals surface area contributed by atoms with Crippen molar-refractivity contribution >= 4 is 10.0 Å². The summed E-state index contributed by atoms with van der Waals surface area (Å²) in [6, 6.07) is 5.08. The zero-order valence-electron chi connectivity index (χ0n) is 15.6. The average Bonchev–Trinajstić information content (AvgIpc) is 2.33. The van der Waals surface area contributed by atoms with E-state index in [1.54, 1.807) is 18.2 Å². The molecule has 1 saturated heterocycles. The molecule has 0 spiro atoms. The fourth-order valence-electron chi connectivity index (χ4n) is 3.79. The second-order valence-electron chi connectivity index (χ2n) is 8.00. The lowest BCUT2D eigenvalue weighted by molar-refractivity contribution is 0.157. The molecule has 0 bridgehead atoms. The van der Waals surface area contributed by atoms with Crippen LogP contribution in [0.15, 0.2) is 23.1 Å². The summed E-state index contributed by atoms with van der Waals surface area (Å²) in [6.07, 6.45) is 1.48. The van der Waals surface area contributed by atoms with Crippen molar-refractivity contribution in [2.45, 2.75) is 76.4 Å². The van der Waals surface area contributed by atoms with Gasteiger partial charge in [0.1, 0.15) is 10.6 Å². The molecule has 1 aromatic carbocycles. The fourth-order valence-corrected chi connectivity index (χ4v) is 5.16. The van der Waals surface area contributed by atoms with Crippen LogP contribution in [0.25, 0.3) is 0 Å². The van der Waals surface area contributed by atoms with Crippen LogP contribution >= 0.6 is 0 Å². The summed E-state index contributed by atoms with van der Waals surface area (Å²) in [7, 11) is -3.63. The Morgan fingerprint density at radius 2 is 1.79 bits per heavy atom. The molecule has 0 radical (unpaired) electrons. The Morgan fingerprint density at radius 3 is 2.33 bits per heavy atom. The summed E-state index contributed by atoms with van der Waals surface area (Å²) < 4.78 is 34.3. The Balaban J connectivity index is 2.29. The second-order valence-corrected chi connectivity index (χ2v) is 9.68. The number of ether oxygens (including phenoxy) is 1. The maximum Gasteiger partial charge on any atom is 0.244 e. The molecule has 136 valence electrons. The highest BCUT2D eigenvalue weighted by Gasteiger charge is 2.39. The molecule has 0 unspecified atom stereocenters. The molecule has 0 atom stereocenters. The lowest BCUT2D eigenvalue weighted by atomic mass is 9.80. The third-order valence-corrected chi connectivity index (χ3v) is 5.76. The van der Waals surface area contributed by atoms with Crippen LogP contribution in [0.5, 0.6) is 5.75 Å². The van der Waals surface area contributed by atoms with Gasteiger partial charge in [-0.25, -0.2) is 13.1 Å². The van der Waals surface area contributed by atoms with Crippen molar-refractivity contribution < 1.29 is 13.2 Å². The number of rotatable bonds is 5. The first-order valence-corrected chi connectivity index (χ1v) is 9.97. The summed E-state index contributed by atoms with van der Waals surface area (Å²) in [5.74, 6) is 0.414. The Bertz CT molecular complexity index is 680. The zero-order valence-corrected chi connectivity index (χ0v) is 16.4. The van der Waals surface area contributed by atoms with Gasteiger partial charge >= 0.3 is 0 Å². The summed E-state index contributed by atoms with van der Waals surface area (Å²) in [6.45, 7) is 12.6. The lowest BCUT2D eigenvalue weighted by Gasteiger charge is -2.46. The molecule has 6 heteroatoms. The standard InChI is InChI=1S/C18H30N2O3S/c1-7-23-15-10-13(2)8-9-16(15)24(21,22)19-14-11-17(3,4)20-18(5,6)12-14/h8-10,14,19-20H,7,11-12H2,1-6H3. The Morgan fingerprint density at radius 1 is 1.21 bits per heavy atom. The summed E-state index contributed by atoms with van der Waals surface area (Å²) in [4.78, 5) is 0.212. The second kappa shape index (κ2) is 6.65. The minimum atomic E-state index is -3.63. The van der Waals surface area contributed by atoms with E-state index >= 15 is 0 Å². The highest BCUT2D eigenvalue weighted by Crippen LogP contribution is 2.31. The van der Waals surface area contributed by atoms with Gasteiger partial charge in [-0.15, -0.1) is 0 Å². The molecule has 0 saturated carbocycles. The quantitative estimate of drug-likeness (QED) is 0.853. The average molecular weight is 355 g/mol.